The lowest BCUT2D eigenvalue weighted by atomic mass is 9.97. The van der Waals surface area contributed by atoms with Gasteiger partial charge >= 0.3 is 0 Å². The highest BCUT2D eigenvalue weighted by Gasteiger charge is 2.32. The maximum Gasteiger partial charge on any atom is 0.243 e. The van der Waals surface area contributed by atoms with Crippen molar-refractivity contribution in [1.29, 1.82) is 0 Å². The Bertz CT molecular complexity index is 928. The minimum atomic E-state index is -3.63. The molecule has 2 aromatic carbocycles. The minimum Gasteiger partial charge on any atom is -0.352 e. The molecule has 0 atom stereocenters. The molecule has 0 saturated carbocycles. The molecule has 3 rings (SSSR count). The first kappa shape index (κ1) is 19.8. The molecule has 144 valence electrons. The summed E-state index contributed by atoms with van der Waals surface area (Å²) in [5.74, 6) is -0.833. The molecule has 5 nitrogen and oxygen atoms in total. The second kappa shape index (κ2) is 8.37. The van der Waals surface area contributed by atoms with E-state index in [1.54, 1.807) is 30.3 Å². The van der Waals surface area contributed by atoms with Gasteiger partial charge in [0.05, 0.1) is 4.90 Å². The van der Waals surface area contributed by atoms with Crippen molar-refractivity contribution in [2.45, 2.75) is 24.3 Å². The second-order valence-corrected chi connectivity index (χ2v) is 8.82. The summed E-state index contributed by atoms with van der Waals surface area (Å²) in [6, 6.07) is 12.4. The van der Waals surface area contributed by atoms with Crippen LogP contribution in [0, 0.1) is 11.7 Å². The Labute approximate surface area is 163 Å². The SMILES string of the molecule is O=C(NCc1ccccc1F)C1CCN(S(=O)(=O)c2cccc(Cl)c2)CC1. The molecule has 1 amide bonds. The maximum atomic E-state index is 13.6. The minimum absolute atomic E-state index is 0.118. The highest BCUT2D eigenvalue weighted by atomic mass is 35.5. The van der Waals surface area contributed by atoms with Crippen molar-refractivity contribution in [2.75, 3.05) is 13.1 Å². The van der Waals surface area contributed by atoms with Gasteiger partial charge in [-0.05, 0) is 37.1 Å². The van der Waals surface area contributed by atoms with Gasteiger partial charge in [0, 0.05) is 36.1 Å². The molecule has 27 heavy (non-hydrogen) atoms. The van der Waals surface area contributed by atoms with Crippen molar-refractivity contribution in [3.05, 3.63) is 64.9 Å². The fraction of sp³-hybridized carbons (Fsp3) is 0.316. The standard InChI is InChI=1S/C19H20ClFN2O3S/c20-16-5-3-6-17(12-16)27(25,26)23-10-8-14(9-11-23)19(24)22-13-15-4-1-2-7-18(15)21/h1-7,12,14H,8-11,13H2,(H,22,24). The summed E-state index contributed by atoms with van der Waals surface area (Å²) in [4.78, 5) is 12.5. The van der Waals surface area contributed by atoms with Crippen LogP contribution in [0.2, 0.25) is 5.02 Å². The summed E-state index contributed by atoms with van der Waals surface area (Å²) in [6.07, 6.45) is 0.839. The number of amides is 1. The van der Waals surface area contributed by atoms with E-state index in [0.717, 1.165) is 0 Å². The lowest BCUT2D eigenvalue weighted by molar-refractivity contribution is -0.126. The highest BCUT2D eigenvalue weighted by molar-refractivity contribution is 7.89. The van der Waals surface area contributed by atoms with E-state index in [-0.39, 0.29) is 42.2 Å². The van der Waals surface area contributed by atoms with Crippen molar-refractivity contribution >= 4 is 27.5 Å². The third kappa shape index (κ3) is 4.66. The van der Waals surface area contributed by atoms with E-state index in [0.29, 0.717) is 23.4 Å². The Balaban J connectivity index is 1.57. The number of carbonyl (C=O) groups is 1. The van der Waals surface area contributed by atoms with Gasteiger partial charge in [0.15, 0.2) is 0 Å². The summed E-state index contributed by atoms with van der Waals surface area (Å²) in [7, 11) is -3.63. The zero-order valence-electron chi connectivity index (χ0n) is 14.6. The van der Waals surface area contributed by atoms with Crippen LogP contribution in [-0.2, 0) is 21.4 Å². The molecule has 0 unspecified atom stereocenters. The first-order chi connectivity index (χ1) is 12.9. The van der Waals surface area contributed by atoms with Crippen molar-refractivity contribution in [2.24, 2.45) is 5.92 Å². The molecule has 1 N–H and O–H groups in total. The zero-order chi connectivity index (χ0) is 19.4. The largest absolute Gasteiger partial charge is 0.352 e. The number of hydrogen-bond acceptors (Lipinski definition) is 3. The Morgan fingerprint density at radius 1 is 1.15 bits per heavy atom. The van der Waals surface area contributed by atoms with E-state index >= 15 is 0 Å². The van der Waals surface area contributed by atoms with E-state index in [2.05, 4.69) is 5.32 Å². The predicted octanol–water partition coefficient (Wildman–Crippen LogP) is 3.20. The molecule has 1 fully saturated rings. The summed E-state index contributed by atoms with van der Waals surface area (Å²) >= 11 is 5.89. The number of sulfonamides is 1. The van der Waals surface area contributed by atoms with Gasteiger partial charge in [0.2, 0.25) is 15.9 Å². The normalized spacial score (nSPS) is 16.2. The molecule has 1 heterocycles. The van der Waals surface area contributed by atoms with Gasteiger partial charge in [-0.25, -0.2) is 12.8 Å². The number of benzene rings is 2. The molecular weight excluding hydrogens is 391 g/mol. The fourth-order valence-corrected chi connectivity index (χ4v) is 4.87. The average molecular weight is 411 g/mol. The van der Waals surface area contributed by atoms with Crippen LogP contribution in [0.1, 0.15) is 18.4 Å². The average Bonchev–Trinajstić information content (AvgIpc) is 2.67. The van der Waals surface area contributed by atoms with Crippen LogP contribution in [0.5, 0.6) is 0 Å². The van der Waals surface area contributed by atoms with Crippen molar-refractivity contribution < 1.29 is 17.6 Å². The Morgan fingerprint density at radius 3 is 2.52 bits per heavy atom. The molecular formula is C19H20ClFN2O3S. The van der Waals surface area contributed by atoms with Gasteiger partial charge in [0.25, 0.3) is 0 Å². The molecule has 0 radical (unpaired) electrons. The Hall–Kier alpha value is -1.96. The number of carbonyl (C=O) groups excluding carboxylic acids is 1. The first-order valence-corrected chi connectivity index (χ1v) is 10.5. The van der Waals surface area contributed by atoms with Crippen LogP contribution in [0.15, 0.2) is 53.4 Å². The first-order valence-electron chi connectivity index (χ1n) is 8.65. The smallest absolute Gasteiger partial charge is 0.243 e. The van der Waals surface area contributed by atoms with E-state index in [1.165, 1.54) is 22.5 Å². The Kier molecular flexibility index (Phi) is 6.14. The van der Waals surface area contributed by atoms with Gasteiger partial charge in [-0.2, -0.15) is 4.31 Å². The molecule has 1 saturated heterocycles. The molecule has 1 aliphatic rings. The van der Waals surface area contributed by atoms with Crippen LogP contribution in [0.4, 0.5) is 4.39 Å². The maximum absolute atomic E-state index is 13.6. The van der Waals surface area contributed by atoms with Crippen LogP contribution < -0.4 is 5.32 Å². The summed E-state index contributed by atoms with van der Waals surface area (Å²) in [6.45, 7) is 0.631. The van der Waals surface area contributed by atoms with Crippen LogP contribution in [0.3, 0.4) is 0 Å². The van der Waals surface area contributed by atoms with Gasteiger partial charge < -0.3 is 5.32 Å². The second-order valence-electron chi connectivity index (χ2n) is 6.44. The Morgan fingerprint density at radius 2 is 1.85 bits per heavy atom. The molecule has 2 aromatic rings. The van der Waals surface area contributed by atoms with Gasteiger partial charge in [-0.15, -0.1) is 0 Å². The predicted molar refractivity (Wildman–Crippen MR) is 101 cm³/mol. The number of nitrogens with zero attached hydrogens (tertiary/aromatic N) is 1. The van der Waals surface area contributed by atoms with E-state index in [1.807, 2.05) is 0 Å². The quantitative estimate of drug-likeness (QED) is 0.823. The van der Waals surface area contributed by atoms with Gasteiger partial charge in [-0.3, -0.25) is 4.79 Å². The number of nitrogens with one attached hydrogen (secondary N) is 1. The summed E-state index contributed by atoms with van der Waals surface area (Å²) in [5.41, 5.74) is 0.423. The summed E-state index contributed by atoms with van der Waals surface area (Å²) in [5, 5.41) is 3.10. The van der Waals surface area contributed by atoms with E-state index in [4.69, 9.17) is 11.6 Å². The van der Waals surface area contributed by atoms with Crippen LogP contribution in [-0.4, -0.2) is 31.7 Å². The van der Waals surface area contributed by atoms with Crippen molar-refractivity contribution in [3.8, 4) is 0 Å². The number of halogens is 2. The fourth-order valence-electron chi connectivity index (χ4n) is 3.10. The van der Waals surface area contributed by atoms with Crippen LogP contribution in [0.25, 0.3) is 0 Å². The molecule has 0 spiro atoms. The van der Waals surface area contributed by atoms with E-state index < -0.39 is 10.0 Å². The molecule has 1 aliphatic heterocycles. The third-order valence-electron chi connectivity index (χ3n) is 4.67. The summed E-state index contributed by atoms with van der Waals surface area (Å²) < 4.78 is 40.4. The van der Waals surface area contributed by atoms with Crippen molar-refractivity contribution in [3.63, 3.8) is 0 Å². The van der Waals surface area contributed by atoms with Gasteiger partial charge in [-0.1, -0.05) is 35.9 Å². The topological polar surface area (TPSA) is 66.5 Å². The zero-order valence-corrected chi connectivity index (χ0v) is 16.1. The highest BCUT2D eigenvalue weighted by Crippen LogP contribution is 2.25. The third-order valence-corrected chi connectivity index (χ3v) is 6.80. The van der Waals surface area contributed by atoms with Crippen molar-refractivity contribution in [1.82, 2.24) is 9.62 Å². The van der Waals surface area contributed by atoms with Gasteiger partial charge in [0.1, 0.15) is 5.82 Å². The molecule has 0 bridgehead atoms. The molecule has 0 aromatic heterocycles. The lowest BCUT2D eigenvalue weighted by Crippen LogP contribution is -2.42. The monoisotopic (exact) mass is 410 g/mol. The lowest BCUT2D eigenvalue weighted by Gasteiger charge is -2.30. The molecule has 0 aliphatic carbocycles. The number of piperidine rings is 1. The molecule has 8 heteroatoms. The van der Waals surface area contributed by atoms with E-state index in [9.17, 15) is 17.6 Å². The number of hydrogen-bond donors (Lipinski definition) is 1. The number of rotatable bonds is 5. The van der Waals surface area contributed by atoms with Crippen LogP contribution >= 0.6 is 11.6 Å².